The number of carbonyl (C=O) groups excluding carboxylic acids is 1. The second-order valence-electron chi connectivity index (χ2n) is 6.59. The number of sulfonamides is 1. The highest BCUT2D eigenvalue weighted by atomic mass is 35.5. The number of rotatable bonds is 4. The van der Waals surface area contributed by atoms with Crippen LogP contribution >= 0.6 is 11.6 Å². The van der Waals surface area contributed by atoms with Gasteiger partial charge in [0, 0.05) is 38.5 Å². The van der Waals surface area contributed by atoms with Crippen LogP contribution < -0.4 is 0 Å². The van der Waals surface area contributed by atoms with Gasteiger partial charge in [0.05, 0.1) is 10.6 Å². The van der Waals surface area contributed by atoms with Crippen LogP contribution in [0.25, 0.3) is 11.7 Å². The number of carbonyl (C=O) groups is 1. The van der Waals surface area contributed by atoms with Gasteiger partial charge in [0.25, 0.3) is 0 Å². The molecule has 3 aromatic rings. The first kappa shape index (κ1) is 19.6. The summed E-state index contributed by atoms with van der Waals surface area (Å²) >= 11 is 6.18. The summed E-state index contributed by atoms with van der Waals surface area (Å²) in [5, 5.41) is 0.319. The van der Waals surface area contributed by atoms with Crippen LogP contribution in [0.3, 0.4) is 0 Å². The van der Waals surface area contributed by atoms with E-state index in [1.807, 2.05) is 24.4 Å². The van der Waals surface area contributed by atoms with E-state index < -0.39 is 10.0 Å². The lowest BCUT2D eigenvalue weighted by Gasteiger charge is -2.33. The minimum atomic E-state index is -3.54. The normalized spacial score (nSPS) is 16.0. The number of amides is 1. The molecule has 9 heteroatoms. The second kappa shape index (κ2) is 7.98. The Hall–Kier alpha value is -2.68. The first-order valence-electron chi connectivity index (χ1n) is 9.11. The van der Waals surface area contributed by atoms with E-state index in [2.05, 4.69) is 4.98 Å². The average Bonchev–Trinajstić information content (AvgIpc) is 3.07. The third-order valence-electron chi connectivity index (χ3n) is 4.84. The summed E-state index contributed by atoms with van der Waals surface area (Å²) in [7, 11) is -3.54. The van der Waals surface area contributed by atoms with Gasteiger partial charge >= 0.3 is 0 Å². The quantitative estimate of drug-likeness (QED) is 0.596. The fourth-order valence-electron chi connectivity index (χ4n) is 3.28. The standard InChI is InChI=1S/C20H19ClN4O3S/c21-20-17(25-11-5-4-8-18(25)22-20)9-10-19(26)23-12-14-24(15-13-23)29(27,28)16-6-2-1-3-7-16/h1-11H,12-15H2. The number of hydrogen-bond donors (Lipinski definition) is 0. The maximum absolute atomic E-state index is 12.7. The highest BCUT2D eigenvalue weighted by Gasteiger charge is 2.29. The Morgan fingerprint density at radius 3 is 2.41 bits per heavy atom. The molecule has 1 saturated heterocycles. The molecule has 1 aliphatic rings. The van der Waals surface area contributed by atoms with E-state index in [9.17, 15) is 13.2 Å². The molecule has 1 amide bonds. The molecule has 29 heavy (non-hydrogen) atoms. The lowest BCUT2D eigenvalue weighted by atomic mass is 10.3. The number of pyridine rings is 1. The van der Waals surface area contributed by atoms with Gasteiger partial charge in [0.1, 0.15) is 5.65 Å². The van der Waals surface area contributed by atoms with Crippen molar-refractivity contribution in [2.45, 2.75) is 4.90 Å². The molecule has 1 aliphatic heterocycles. The Labute approximate surface area is 173 Å². The molecule has 0 bridgehead atoms. The predicted molar refractivity (Wildman–Crippen MR) is 111 cm³/mol. The number of benzene rings is 1. The minimum absolute atomic E-state index is 0.191. The molecule has 2 aromatic heterocycles. The molecule has 1 aromatic carbocycles. The minimum Gasteiger partial charge on any atom is -0.337 e. The third-order valence-corrected chi connectivity index (χ3v) is 7.03. The maximum Gasteiger partial charge on any atom is 0.246 e. The zero-order valence-electron chi connectivity index (χ0n) is 15.5. The van der Waals surface area contributed by atoms with Gasteiger partial charge in [-0.05, 0) is 30.3 Å². The molecule has 0 spiro atoms. The van der Waals surface area contributed by atoms with Crippen LogP contribution in [-0.2, 0) is 14.8 Å². The van der Waals surface area contributed by atoms with Crippen LogP contribution in [0.5, 0.6) is 0 Å². The fraction of sp³-hybridized carbons (Fsp3) is 0.200. The van der Waals surface area contributed by atoms with Crippen LogP contribution in [-0.4, -0.2) is 59.1 Å². The van der Waals surface area contributed by atoms with E-state index in [0.717, 1.165) is 0 Å². The number of aromatic nitrogens is 2. The summed E-state index contributed by atoms with van der Waals surface area (Å²) < 4.78 is 28.6. The molecule has 7 nitrogen and oxygen atoms in total. The first-order chi connectivity index (χ1) is 14.0. The van der Waals surface area contributed by atoms with Crippen molar-refractivity contribution in [2.24, 2.45) is 0 Å². The summed E-state index contributed by atoms with van der Waals surface area (Å²) in [5.41, 5.74) is 1.32. The molecule has 1 fully saturated rings. The van der Waals surface area contributed by atoms with E-state index in [0.29, 0.717) is 29.6 Å². The third kappa shape index (κ3) is 3.91. The van der Waals surface area contributed by atoms with Gasteiger partial charge < -0.3 is 4.90 Å². The number of fused-ring (bicyclic) bond motifs is 1. The molecule has 150 valence electrons. The first-order valence-corrected chi connectivity index (χ1v) is 10.9. The van der Waals surface area contributed by atoms with E-state index >= 15 is 0 Å². The van der Waals surface area contributed by atoms with Crippen molar-refractivity contribution in [3.8, 4) is 0 Å². The van der Waals surface area contributed by atoms with Crippen molar-refractivity contribution in [3.05, 3.63) is 71.7 Å². The van der Waals surface area contributed by atoms with Gasteiger partial charge in [-0.3, -0.25) is 9.20 Å². The van der Waals surface area contributed by atoms with Crippen LogP contribution in [0, 0.1) is 0 Å². The molecule has 0 saturated carbocycles. The van der Waals surface area contributed by atoms with Gasteiger partial charge in [0.2, 0.25) is 15.9 Å². The molecule has 4 rings (SSSR count). The molecule has 0 aliphatic carbocycles. The largest absolute Gasteiger partial charge is 0.337 e. The zero-order valence-corrected chi connectivity index (χ0v) is 17.1. The monoisotopic (exact) mass is 430 g/mol. The summed E-state index contributed by atoms with van der Waals surface area (Å²) in [5.74, 6) is -0.191. The van der Waals surface area contributed by atoms with Crippen molar-refractivity contribution in [2.75, 3.05) is 26.2 Å². The van der Waals surface area contributed by atoms with Crippen molar-refractivity contribution in [1.29, 1.82) is 0 Å². The van der Waals surface area contributed by atoms with Gasteiger partial charge in [-0.1, -0.05) is 35.9 Å². The Morgan fingerprint density at radius 1 is 1.00 bits per heavy atom. The lowest BCUT2D eigenvalue weighted by Crippen LogP contribution is -2.50. The smallest absolute Gasteiger partial charge is 0.246 e. The summed E-state index contributed by atoms with van der Waals surface area (Å²) in [4.78, 5) is 18.7. The molecule has 0 atom stereocenters. The van der Waals surface area contributed by atoms with Crippen molar-refractivity contribution < 1.29 is 13.2 Å². The lowest BCUT2D eigenvalue weighted by molar-refractivity contribution is -0.127. The molecular formula is C20H19ClN4O3S. The summed E-state index contributed by atoms with van der Waals surface area (Å²) in [6.07, 6.45) is 4.91. The van der Waals surface area contributed by atoms with E-state index in [-0.39, 0.29) is 23.9 Å². The van der Waals surface area contributed by atoms with Gasteiger partial charge in [0.15, 0.2) is 5.15 Å². The van der Waals surface area contributed by atoms with Crippen molar-refractivity contribution in [1.82, 2.24) is 18.6 Å². The molecule has 0 radical (unpaired) electrons. The molecular weight excluding hydrogens is 412 g/mol. The molecule has 0 N–H and O–H groups in total. The number of hydrogen-bond acceptors (Lipinski definition) is 4. The maximum atomic E-state index is 12.7. The Kier molecular flexibility index (Phi) is 5.40. The van der Waals surface area contributed by atoms with Gasteiger partial charge in [-0.2, -0.15) is 4.31 Å². The Balaban J connectivity index is 1.43. The summed E-state index contributed by atoms with van der Waals surface area (Å²) in [6, 6.07) is 13.9. The van der Waals surface area contributed by atoms with Crippen LogP contribution in [0.2, 0.25) is 5.15 Å². The SMILES string of the molecule is O=C(C=Cc1c(Cl)nc2ccccn12)N1CCN(S(=O)(=O)c2ccccc2)CC1. The topological polar surface area (TPSA) is 75.0 Å². The van der Waals surface area contributed by atoms with Crippen LogP contribution in [0.4, 0.5) is 0 Å². The van der Waals surface area contributed by atoms with Crippen LogP contribution in [0.1, 0.15) is 5.69 Å². The zero-order chi connectivity index (χ0) is 20.4. The molecule has 0 unspecified atom stereocenters. The Morgan fingerprint density at radius 2 is 1.69 bits per heavy atom. The summed E-state index contributed by atoms with van der Waals surface area (Å²) in [6.45, 7) is 1.17. The Bertz CT molecular complexity index is 1170. The van der Waals surface area contributed by atoms with E-state index in [1.165, 1.54) is 10.4 Å². The highest BCUT2D eigenvalue weighted by molar-refractivity contribution is 7.89. The fourth-order valence-corrected chi connectivity index (χ4v) is 4.97. The van der Waals surface area contributed by atoms with Crippen molar-refractivity contribution in [3.63, 3.8) is 0 Å². The molecule has 3 heterocycles. The van der Waals surface area contributed by atoms with Crippen molar-refractivity contribution >= 4 is 39.3 Å². The number of piperazine rings is 1. The predicted octanol–water partition coefficient (Wildman–Crippen LogP) is 2.53. The number of nitrogens with zero attached hydrogens (tertiary/aromatic N) is 4. The van der Waals surface area contributed by atoms with E-state index in [1.54, 1.807) is 45.7 Å². The number of imidazole rings is 1. The van der Waals surface area contributed by atoms with Gasteiger partial charge in [-0.25, -0.2) is 13.4 Å². The van der Waals surface area contributed by atoms with Crippen LogP contribution in [0.15, 0.2) is 65.7 Å². The second-order valence-corrected chi connectivity index (χ2v) is 8.89. The average molecular weight is 431 g/mol. The highest BCUT2D eigenvalue weighted by Crippen LogP contribution is 2.20. The van der Waals surface area contributed by atoms with Gasteiger partial charge in [-0.15, -0.1) is 0 Å². The number of halogens is 1. The van der Waals surface area contributed by atoms with E-state index in [4.69, 9.17) is 11.6 Å².